The van der Waals surface area contributed by atoms with E-state index in [1.807, 2.05) is 12.1 Å². The highest BCUT2D eigenvalue weighted by Crippen LogP contribution is 2.24. The van der Waals surface area contributed by atoms with E-state index in [-0.39, 0.29) is 17.9 Å². The minimum atomic E-state index is -0.302. The second kappa shape index (κ2) is 6.50. The first kappa shape index (κ1) is 15.1. The van der Waals surface area contributed by atoms with Crippen LogP contribution in [-0.4, -0.2) is 33.4 Å². The summed E-state index contributed by atoms with van der Waals surface area (Å²) in [7, 11) is 0. The molecule has 0 spiro atoms. The van der Waals surface area contributed by atoms with Crippen LogP contribution in [0.15, 0.2) is 36.5 Å². The molecule has 1 aromatic heterocycles. The van der Waals surface area contributed by atoms with E-state index in [4.69, 9.17) is 11.6 Å². The Morgan fingerprint density at radius 3 is 3.00 bits per heavy atom. The zero-order valence-corrected chi connectivity index (χ0v) is 12.8. The van der Waals surface area contributed by atoms with Crippen molar-refractivity contribution in [3.05, 3.63) is 47.2 Å². The van der Waals surface area contributed by atoms with Gasteiger partial charge in [0.05, 0.1) is 11.8 Å². The fourth-order valence-corrected chi connectivity index (χ4v) is 2.96. The molecule has 1 fully saturated rings. The number of carbonyl (C=O) groups excluding carboxylic acids is 1. The Kier molecular flexibility index (Phi) is 4.45. The molecule has 1 aromatic carbocycles. The van der Waals surface area contributed by atoms with Crippen LogP contribution < -0.4 is 5.32 Å². The molecule has 2 unspecified atom stereocenters. The lowest BCUT2D eigenvalue weighted by atomic mass is 10.1. The van der Waals surface area contributed by atoms with Crippen LogP contribution in [0.25, 0.3) is 5.69 Å². The first-order valence-electron chi connectivity index (χ1n) is 7.41. The van der Waals surface area contributed by atoms with Crippen molar-refractivity contribution in [3.63, 3.8) is 0 Å². The zero-order valence-electron chi connectivity index (χ0n) is 12.1. The SMILES string of the molecule is O=C(NCC1CCCC1O)c1ccn(-c2cccc(Cl)c2)n1. The van der Waals surface area contributed by atoms with E-state index in [1.54, 1.807) is 29.1 Å². The molecule has 0 aliphatic heterocycles. The fraction of sp³-hybridized carbons (Fsp3) is 0.375. The van der Waals surface area contributed by atoms with Crippen molar-refractivity contribution in [2.75, 3.05) is 6.54 Å². The van der Waals surface area contributed by atoms with Crippen LogP contribution in [0.5, 0.6) is 0 Å². The monoisotopic (exact) mass is 319 g/mol. The normalized spacial score (nSPS) is 21.0. The lowest BCUT2D eigenvalue weighted by molar-refractivity contribution is 0.0911. The molecule has 2 aromatic rings. The van der Waals surface area contributed by atoms with Gasteiger partial charge in [-0.1, -0.05) is 24.1 Å². The molecule has 0 saturated heterocycles. The van der Waals surface area contributed by atoms with E-state index in [0.717, 1.165) is 24.9 Å². The van der Waals surface area contributed by atoms with Gasteiger partial charge in [0.2, 0.25) is 0 Å². The molecular weight excluding hydrogens is 302 g/mol. The van der Waals surface area contributed by atoms with Crippen molar-refractivity contribution in [2.24, 2.45) is 5.92 Å². The largest absolute Gasteiger partial charge is 0.393 e. The van der Waals surface area contributed by atoms with Gasteiger partial charge >= 0.3 is 0 Å². The number of benzene rings is 1. The minimum absolute atomic E-state index is 0.152. The van der Waals surface area contributed by atoms with Gasteiger partial charge in [-0.25, -0.2) is 4.68 Å². The Balaban J connectivity index is 1.64. The van der Waals surface area contributed by atoms with Gasteiger partial charge in [0.25, 0.3) is 5.91 Å². The summed E-state index contributed by atoms with van der Waals surface area (Å²) < 4.78 is 1.62. The maximum atomic E-state index is 12.1. The second-order valence-electron chi connectivity index (χ2n) is 5.59. The molecular formula is C16H18ClN3O2. The molecule has 1 saturated carbocycles. The van der Waals surface area contributed by atoms with Gasteiger partial charge in [0.1, 0.15) is 0 Å². The highest BCUT2D eigenvalue weighted by Gasteiger charge is 2.25. The van der Waals surface area contributed by atoms with Gasteiger partial charge in [-0.15, -0.1) is 0 Å². The summed E-state index contributed by atoms with van der Waals surface area (Å²) in [5, 5.41) is 17.5. The van der Waals surface area contributed by atoms with E-state index < -0.39 is 0 Å². The summed E-state index contributed by atoms with van der Waals surface area (Å²) in [5.41, 5.74) is 1.16. The number of nitrogens with zero attached hydrogens (tertiary/aromatic N) is 2. The molecule has 1 aliphatic carbocycles. The minimum Gasteiger partial charge on any atom is -0.393 e. The number of amides is 1. The van der Waals surface area contributed by atoms with Gasteiger partial charge in [0, 0.05) is 23.7 Å². The molecule has 2 atom stereocenters. The molecule has 5 nitrogen and oxygen atoms in total. The summed E-state index contributed by atoms with van der Waals surface area (Å²) in [6, 6.07) is 8.94. The zero-order chi connectivity index (χ0) is 15.5. The molecule has 116 valence electrons. The topological polar surface area (TPSA) is 67.2 Å². The molecule has 1 aliphatic rings. The Bertz CT molecular complexity index is 671. The Morgan fingerprint density at radius 2 is 2.27 bits per heavy atom. The van der Waals surface area contributed by atoms with Gasteiger partial charge in [-0.05, 0) is 37.1 Å². The number of aromatic nitrogens is 2. The molecule has 0 radical (unpaired) electrons. The summed E-state index contributed by atoms with van der Waals surface area (Å²) in [6.45, 7) is 0.490. The van der Waals surface area contributed by atoms with Crippen molar-refractivity contribution in [2.45, 2.75) is 25.4 Å². The van der Waals surface area contributed by atoms with Crippen LogP contribution >= 0.6 is 11.6 Å². The molecule has 0 bridgehead atoms. The highest BCUT2D eigenvalue weighted by atomic mass is 35.5. The number of halogens is 1. The second-order valence-corrected chi connectivity index (χ2v) is 6.03. The average Bonchev–Trinajstić information content (AvgIpc) is 3.14. The van der Waals surface area contributed by atoms with Crippen LogP contribution in [0.1, 0.15) is 29.8 Å². The van der Waals surface area contributed by atoms with E-state index in [2.05, 4.69) is 10.4 Å². The maximum Gasteiger partial charge on any atom is 0.271 e. The first-order valence-corrected chi connectivity index (χ1v) is 7.79. The summed E-state index contributed by atoms with van der Waals surface area (Å²) in [5.74, 6) is -0.0705. The predicted octanol–water partition coefficient (Wildman–Crippen LogP) is 2.42. The van der Waals surface area contributed by atoms with Crippen LogP contribution in [0.4, 0.5) is 0 Å². The number of nitrogens with one attached hydrogen (secondary N) is 1. The molecule has 22 heavy (non-hydrogen) atoms. The lowest BCUT2D eigenvalue weighted by Gasteiger charge is -2.14. The summed E-state index contributed by atoms with van der Waals surface area (Å²) in [4.78, 5) is 12.1. The average molecular weight is 320 g/mol. The standard InChI is InChI=1S/C16H18ClN3O2/c17-12-4-2-5-13(9-12)20-8-7-14(19-20)16(22)18-10-11-3-1-6-15(11)21/h2,4-5,7-9,11,15,21H,1,3,6,10H2,(H,18,22). The van der Waals surface area contributed by atoms with Crippen LogP contribution in [0.3, 0.4) is 0 Å². The number of hydrogen-bond donors (Lipinski definition) is 2. The fourth-order valence-electron chi connectivity index (χ4n) is 2.78. The van der Waals surface area contributed by atoms with Crippen molar-refractivity contribution >= 4 is 17.5 Å². The highest BCUT2D eigenvalue weighted by molar-refractivity contribution is 6.30. The predicted molar refractivity (Wildman–Crippen MR) is 84.3 cm³/mol. The van der Waals surface area contributed by atoms with Gasteiger partial charge in [-0.2, -0.15) is 5.10 Å². The maximum absolute atomic E-state index is 12.1. The third-order valence-electron chi connectivity index (χ3n) is 4.04. The quantitative estimate of drug-likeness (QED) is 0.909. The number of rotatable bonds is 4. The number of carbonyl (C=O) groups is 1. The molecule has 3 rings (SSSR count). The third kappa shape index (κ3) is 3.31. The number of hydrogen-bond acceptors (Lipinski definition) is 3. The molecule has 1 amide bonds. The first-order chi connectivity index (χ1) is 10.6. The Hall–Kier alpha value is -1.85. The third-order valence-corrected chi connectivity index (χ3v) is 4.27. The van der Waals surface area contributed by atoms with Gasteiger partial charge in [0.15, 0.2) is 5.69 Å². The van der Waals surface area contributed by atoms with E-state index in [9.17, 15) is 9.90 Å². The smallest absolute Gasteiger partial charge is 0.271 e. The molecule has 2 N–H and O–H groups in total. The Morgan fingerprint density at radius 1 is 1.41 bits per heavy atom. The van der Waals surface area contributed by atoms with Crippen molar-refractivity contribution in [1.29, 1.82) is 0 Å². The number of aliphatic hydroxyl groups is 1. The van der Waals surface area contributed by atoms with Gasteiger partial charge < -0.3 is 10.4 Å². The summed E-state index contributed by atoms with van der Waals surface area (Å²) in [6.07, 6.45) is 4.22. The van der Waals surface area contributed by atoms with Crippen LogP contribution in [-0.2, 0) is 0 Å². The van der Waals surface area contributed by atoms with Gasteiger partial charge in [-0.3, -0.25) is 4.79 Å². The van der Waals surface area contributed by atoms with E-state index >= 15 is 0 Å². The molecule has 6 heteroatoms. The van der Waals surface area contributed by atoms with Crippen molar-refractivity contribution in [1.82, 2.24) is 15.1 Å². The van der Waals surface area contributed by atoms with Crippen molar-refractivity contribution in [3.8, 4) is 5.69 Å². The van der Waals surface area contributed by atoms with Crippen molar-refractivity contribution < 1.29 is 9.90 Å². The van der Waals surface area contributed by atoms with E-state index in [0.29, 0.717) is 17.3 Å². The van der Waals surface area contributed by atoms with E-state index in [1.165, 1.54) is 0 Å². The number of aliphatic hydroxyl groups excluding tert-OH is 1. The lowest BCUT2D eigenvalue weighted by Crippen LogP contribution is -2.32. The summed E-state index contributed by atoms with van der Waals surface area (Å²) >= 11 is 5.96. The molecule has 1 heterocycles. The van der Waals surface area contributed by atoms with Crippen LogP contribution in [0.2, 0.25) is 5.02 Å². The Labute approximate surface area is 133 Å². The van der Waals surface area contributed by atoms with Crippen LogP contribution in [0, 0.1) is 5.92 Å².